The van der Waals surface area contributed by atoms with Gasteiger partial charge in [-0.3, -0.25) is 4.98 Å². The van der Waals surface area contributed by atoms with Gasteiger partial charge < -0.3 is 14.3 Å². The van der Waals surface area contributed by atoms with E-state index in [-0.39, 0.29) is 11.5 Å². The molecule has 3 rings (SSSR count). The van der Waals surface area contributed by atoms with Crippen molar-refractivity contribution in [2.24, 2.45) is 0 Å². The summed E-state index contributed by atoms with van der Waals surface area (Å²) in [5, 5.41) is 12.3. The van der Waals surface area contributed by atoms with Crippen molar-refractivity contribution in [2.45, 2.75) is 6.10 Å². The summed E-state index contributed by atoms with van der Waals surface area (Å²) in [5.74, 6) is -0.287. The summed E-state index contributed by atoms with van der Waals surface area (Å²) in [6.45, 7) is 0. The Morgan fingerprint density at radius 3 is 2.86 bits per heavy atom. The zero-order chi connectivity index (χ0) is 14.8. The van der Waals surface area contributed by atoms with Crippen molar-refractivity contribution >= 4 is 16.7 Å². The summed E-state index contributed by atoms with van der Waals surface area (Å²) < 4.78 is 9.91. The van der Waals surface area contributed by atoms with Crippen molar-refractivity contribution in [3.8, 4) is 0 Å². The number of esters is 1. The molecule has 21 heavy (non-hydrogen) atoms. The number of hydrogen-bond donors (Lipinski definition) is 1. The molecular weight excluding hydrogens is 270 g/mol. The third-order valence-electron chi connectivity index (χ3n) is 3.25. The molecule has 106 valence electrons. The van der Waals surface area contributed by atoms with E-state index in [1.54, 1.807) is 12.3 Å². The van der Waals surface area contributed by atoms with Gasteiger partial charge in [0.15, 0.2) is 6.10 Å². The molecule has 0 fully saturated rings. The van der Waals surface area contributed by atoms with Crippen LogP contribution < -0.4 is 0 Å². The van der Waals surface area contributed by atoms with E-state index in [4.69, 9.17) is 4.42 Å². The number of ether oxygens (including phenoxy) is 1. The second kappa shape index (κ2) is 5.38. The van der Waals surface area contributed by atoms with E-state index in [9.17, 15) is 9.90 Å². The standard InChI is InChI=1S/C16H13NO4/c1-20-16(19)13-7-6-12(21-13)15(18)14-11-5-3-2-4-10(11)8-9-17-14/h2-9,15,18H,1H3. The highest BCUT2D eigenvalue weighted by Gasteiger charge is 2.20. The molecule has 0 saturated heterocycles. The molecule has 1 aromatic carbocycles. The van der Waals surface area contributed by atoms with Crippen molar-refractivity contribution in [2.75, 3.05) is 7.11 Å². The van der Waals surface area contributed by atoms with Crippen molar-refractivity contribution in [1.82, 2.24) is 4.98 Å². The molecule has 0 spiro atoms. The molecule has 1 unspecified atom stereocenters. The topological polar surface area (TPSA) is 72.6 Å². The first-order valence-corrected chi connectivity index (χ1v) is 6.40. The minimum Gasteiger partial charge on any atom is -0.463 e. The highest BCUT2D eigenvalue weighted by molar-refractivity contribution is 5.86. The largest absolute Gasteiger partial charge is 0.463 e. The lowest BCUT2D eigenvalue weighted by Gasteiger charge is -2.10. The third-order valence-corrected chi connectivity index (χ3v) is 3.25. The number of aliphatic hydroxyl groups is 1. The smallest absolute Gasteiger partial charge is 0.373 e. The number of hydrogen-bond acceptors (Lipinski definition) is 5. The lowest BCUT2D eigenvalue weighted by atomic mass is 10.1. The van der Waals surface area contributed by atoms with Crippen LogP contribution >= 0.6 is 0 Å². The van der Waals surface area contributed by atoms with Crippen LogP contribution in [0.5, 0.6) is 0 Å². The molecule has 1 atom stereocenters. The minimum atomic E-state index is -1.05. The molecule has 3 aromatic rings. The second-order valence-corrected chi connectivity index (χ2v) is 4.51. The molecule has 0 aliphatic heterocycles. The number of methoxy groups -OCH3 is 1. The molecule has 0 amide bonds. The number of rotatable bonds is 3. The van der Waals surface area contributed by atoms with Gasteiger partial charge >= 0.3 is 5.97 Å². The first kappa shape index (κ1) is 13.3. The zero-order valence-electron chi connectivity index (χ0n) is 11.3. The van der Waals surface area contributed by atoms with Crippen molar-refractivity contribution < 1.29 is 19.1 Å². The number of aromatic nitrogens is 1. The normalized spacial score (nSPS) is 12.3. The Hall–Kier alpha value is -2.66. The number of nitrogens with zero attached hydrogens (tertiary/aromatic N) is 1. The Kier molecular flexibility index (Phi) is 3.41. The maximum absolute atomic E-state index is 11.4. The first-order valence-electron chi connectivity index (χ1n) is 6.40. The lowest BCUT2D eigenvalue weighted by molar-refractivity contribution is 0.0558. The van der Waals surface area contributed by atoms with Gasteiger partial charge in [-0.25, -0.2) is 4.79 Å². The zero-order valence-corrected chi connectivity index (χ0v) is 11.3. The molecule has 2 aromatic heterocycles. The average Bonchev–Trinajstić information content (AvgIpc) is 3.03. The Balaban J connectivity index is 2.02. The number of aliphatic hydroxyl groups excluding tert-OH is 1. The highest BCUT2D eigenvalue weighted by Crippen LogP contribution is 2.28. The molecule has 2 heterocycles. The van der Waals surface area contributed by atoms with Crippen LogP contribution in [-0.4, -0.2) is 23.2 Å². The summed E-state index contributed by atoms with van der Waals surface area (Å²) in [7, 11) is 1.27. The Morgan fingerprint density at radius 2 is 2.05 bits per heavy atom. The molecule has 0 aliphatic carbocycles. The Morgan fingerprint density at radius 1 is 1.24 bits per heavy atom. The Labute approximate surface area is 120 Å². The van der Waals surface area contributed by atoms with Crippen LogP contribution in [0.15, 0.2) is 53.1 Å². The fourth-order valence-corrected chi connectivity index (χ4v) is 2.21. The maximum atomic E-state index is 11.4. The second-order valence-electron chi connectivity index (χ2n) is 4.51. The van der Waals surface area contributed by atoms with Gasteiger partial charge in [0.1, 0.15) is 5.76 Å². The quantitative estimate of drug-likeness (QED) is 0.748. The number of fused-ring (bicyclic) bond motifs is 1. The van der Waals surface area contributed by atoms with Gasteiger partial charge in [0.2, 0.25) is 5.76 Å². The molecular formula is C16H13NO4. The highest BCUT2D eigenvalue weighted by atomic mass is 16.5. The summed E-state index contributed by atoms with van der Waals surface area (Å²) in [6, 6.07) is 12.5. The first-order chi connectivity index (χ1) is 10.2. The van der Waals surface area contributed by atoms with E-state index >= 15 is 0 Å². The molecule has 0 bridgehead atoms. The number of carbonyl (C=O) groups excluding carboxylic acids is 1. The lowest BCUT2D eigenvalue weighted by Crippen LogP contribution is -2.03. The van der Waals surface area contributed by atoms with Gasteiger partial charge in [0, 0.05) is 11.6 Å². The Bertz CT molecular complexity index is 788. The molecule has 0 saturated carbocycles. The van der Waals surface area contributed by atoms with Gasteiger partial charge in [0.05, 0.1) is 12.8 Å². The van der Waals surface area contributed by atoms with Crippen molar-refractivity contribution in [1.29, 1.82) is 0 Å². The van der Waals surface area contributed by atoms with Gasteiger partial charge in [-0.15, -0.1) is 0 Å². The van der Waals surface area contributed by atoms with Crippen LogP contribution in [0, 0.1) is 0 Å². The van der Waals surface area contributed by atoms with Crippen molar-refractivity contribution in [3.05, 3.63) is 65.9 Å². The molecule has 5 nitrogen and oxygen atoms in total. The summed E-state index contributed by atoms with van der Waals surface area (Å²) in [4.78, 5) is 15.6. The predicted octanol–water partition coefficient (Wildman–Crippen LogP) is 2.70. The molecule has 5 heteroatoms. The fourth-order valence-electron chi connectivity index (χ4n) is 2.21. The van der Waals surface area contributed by atoms with Crippen LogP contribution in [0.4, 0.5) is 0 Å². The average molecular weight is 283 g/mol. The van der Waals surface area contributed by atoms with Crippen LogP contribution in [0.3, 0.4) is 0 Å². The van der Waals surface area contributed by atoms with Crippen LogP contribution in [-0.2, 0) is 4.74 Å². The number of benzene rings is 1. The summed E-state index contributed by atoms with van der Waals surface area (Å²) in [5.41, 5.74) is 0.485. The number of carbonyl (C=O) groups is 1. The predicted molar refractivity (Wildman–Crippen MR) is 75.9 cm³/mol. The molecule has 1 N–H and O–H groups in total. The van der Waals surface area contributed by atoms with E-state index in [0.717, 1.165) is 10.8 Å². The van der Waals surface area contributed by atoms with Crippen LogP contribution in [0.25, 0.3) is 10.8 Å². The molecule has 0 aliphatic rings. The summed E-state index contributed by atoms with van der Waals surface area (Å²) >= 11 is 0. The number of pyridine rings is 1. The SMILES string of the molecule is COC(=O)c1ccc(C(O)c2nccc3ccccc23)o1. The maximum Gasteiger partial charge on any atom is 0.373 e. The van der Waals surface area contributed by atoms with E-state index in [1.165, 1.54) is 13.2 Å². The fraction of sp³-hybridized carbons (Fsp3) is 0.125. The van der Waals surface area contributed by atoms with E-state index < -0.39 is 12.1 Å². The van der Waals surface area contributed by atoms with Gasteiger partial charge in [-0.1, -0.05) is 24.3 Å². The van der Waals surface area contributed by atoms with Gasteiger partial charge in [0.25, 0.3) is 0 Å². The van der Waals surface area contributed by atoms with E-state index in [2.05, 4.69) is 9.72 Å². The van der Waals surface area contributed by atoms with Crippen LogP contribution in [0.2, 0.25) is 0 Å². The minimum absolute atomic E-state index is 0.0480. The number of furan rings is 1. The third kappa shape index (κ3) is 2.39. The van der Waals surface area contributed by atoms with Gasteiger partial charge in [-0.2, -0.15) is 0 Å². The van der Waals surface area contributed by atoms with Crippen molar-refractivity contribution in [3.63, 3.8) is 0 Å². The summed E-state index contributed by atoms with van der Waals surface area (Å²) in [6.07, 6.45) is 0.583. The molecule has 0 radical (unpaired) electrons. The van der Waals surface area contributed by atoms with Crippen LogP contribution in [0.1, 0.15) is 28.1 Å². The van der Waals surface area contributed by atoms with Gasteiger partial charge in [-0.05, 0) is 23.6 Å². The van der Waals surface area contributed by atoms with E-state index in [1.807, 2.05) is 30.3 Å². The monoisotopic (exact) mass is 283 g/mol. The van der Waals surface area contributed by atoms with E-state index in [0.29, 0.717) is 5.69 Å².